The number of halogens is 1. The fourth-order valence-corrected chi connectivity index (χ4v) is 2.23. The van der Waals surface area contributed by atoms with Crippen molar-refractivity contribution in [2.45, 2.75) is 25.5 Å². The molecular weight excluding hydrogens is 304 g/mol. The molecule has 4 heteroatoms. The van der Waals surface area contributed by atoms with E-state index in [4.69, 9.17) is 10.5 Å². The molecule has 0 aliphatic carbocycles. The molecule has 0 aliphatic heterocycles. The number of nitrogens with zero attached hydrogens (tertiary/aromatic N) is 1. The molecule has 1 aromatic heterocycles. The van der Waals surface area contributed by atoms with Gasteiger partial charge in [0.25, 0.3) is 0 Å². The second-order valence-electron chi connectivity index (χ2n) is 4.35. The summed E-state index contributed by atoms with van der Waals surface area (Å²) < 4.78 is 7.03. The standard InChI is InChI=1S/C15H17BrN2O/c1-2-14(17)15(11-5-4-8-18-10-11)19-13-7-3-6-12(16)9-13/h3-10,14-15H,2,17H2,1H3. The molecule has 0 radical (unpaired) electrons. The van der Waals surface area contributed by atoms with Crippen LogP contribution in [-0.2, 0) is 0 Å². The summed E-state index contributed by atoms with van der Waals surface area (Å²) in [6.07, 6.45) is 4.20. The average molecular weight is 321 g/mol. The molecule has 0 aliphatic rings. The van der Waals surface area contributed by atoms with Crippen LogP contribution in [0.3, 0.4) is 0 Å². The average Bonchev–Trinajstić information content (AvgIpc) is 2.45. The van der Waals surface area contributed by atoms with E-state index in [0.717, 1.165) is 22.2 Å². The van der Waals surface area contributed by atoms with Gasteiger partial charge >= 0.3 is 0 Å². The Morgan fingerprint density at radius 3 is 2.79 bits per heavy atom. The first-order valence-corrected chi connectivity index (χ1v) is 7.07. The van der Waals surface area contributed by atoms with Gasteiger partial charge in [0.15, 0.2) is 0 Å². The van der Waals surface area contributed by atoms with E-state index in [1.165, 1.54) is 0 Å². The highest BCUT2D eigenvalue weighted by Gasteiger charge is 2.20. The monoisotopic (exact) mass is 320 g/mol. The molecule has 2 unspecified atom stereocenters. The van der Waals surface area contributed by atoms with E-state index in [1.807, 2.05) is 36.4 Å². The maximum Gasteiger partial charge on any atom is 0.140 e. The van der Waals surface area contributed by atoms with Crippen LogP contribution in [0.4, 0.5) is 0 Å². The molecule has 0 fully saturated rings. The number of pyridine rings is 1. The van der Waals surface area contributed by atoms with Gasteiger partial charge in [0, 0.05) is 28.5 Å². The first kappa shape index (κ1) is 14.0. The second-order valence-corrected chi connectivity index (χ2v) is 5.27. The molecule has 100 valence electrons. The zero-order chi connectivity index (χ0) is 13.7. The van der Waals surface area contributed by atoms with Gasteiger partial charge in [0.1, 0.15) is 11.9 Å². The van der Waals surface area contributed by atoms with Crippen LogP contribution in [0.15, 0.2) is 53.3 Å². The minimum atomic E-state index is -0.187. The van der Waals surface area contributed by atoms with Crippen LogP contribution in [0.5, 0.6) is 5.75 Å². The lowest BCUT2D eigenvalue weighted by Gasteiger charge is -2.24. The van der Waals surface area contributed by atoms with Crippen LogP contribution in [-0.4, -0.2) is 11.0 Å². The molecule has 2 atom stereocenters. The third-order valence-electron chi connectivity index (χ3n) is 2.93. The Kier molecular flexibility index (Phi) is 4.93. The van der Waals surface area contributed by atoms with Gasteiger partial charge in [-0.2, -0.15) is 0 Å². The predicted molar refractivity (Wildman–Crippen MR) is 80.0 cm³/mol. The maximum absolute atomic E-state index is 6.17. The maximum atomic E-state index is 6.17. The summed E-state index contributed by atoms with van der Waals surface area (Å²) in [6, 6.07) is 11.6. The number of hydrogen-bond acceptors (Lipinski definition) is 3. The van der Waals surface area contributed by atoms with Crippen molar-refractivity contribution < 1.29 is 4.74 Å². The molecule has 1 aromatic carbocycles. The van der Waals surface area contributed by atoms with Crippen molar-refractivity contribution in [3.05, 3.63) is 58.8 Å². The first-order valence-electron chi connectivity index (χ1n) is 6.28. The first-order chi connectivity index (χ1) is 9.20. The minimum absolute atomic E-state index is 0.0665. The van der Waals surface area contributed by atoms with Crippen molar-refractivity contribution in [3.8, 4) is 5.75 Å². The van der Waals surface area contributed by atoms with Gasteiger partial charge in [-0.05, 0) is 30.7 Å². The highest BCUT2D eigenvalue weighted by molar-refractivity contribution is 9.10. The number of benzene rings is 1. The summed E-state index contributed by atoms with van der Waals surface area (Å²) in [4.78, 5) is 4.14. The van der Waals surface area contributed by atoms with E-state index in [-0.39, 0.29) is 12.1 Å². The number of ether oxygens (including phenoxy) is 1. The largest absolute Gasteiger partial charge is 0.484 e. The molecule has 2 N–H and O–H groups in total. The molecule has 0 bridgehead atoms. The summed E-state index contributed by atoms with van der Waals surface area (Å²) >= 11 is 3.44. The van der Waals surface area contributed by atoms with Gasteiger partial charge in [-0.15, -0.1) is 0 Å². The summed E-state index contributed by atoms with van der Waals surface area (Å²) in [5.41, 5.74) is 7.17. The number of nitrogens with two attached hydrogens (primary N) is 1. The third kappa shape index (κ3) is 3.78. The molecule has 0 saturated heterocycles. The predicted octanol–water partition coefficient (Wildman–Crippen LogP) is 3.70. The van der Waals surface area contributed by atoms with Crippen LogP contribution in [0.25, 0.3) is 0 Å². The molecule has 3 nitrogen and oxygen atoms in total. The highest BCUT2D eigenvalue weighted by atomic mass is 79.9. The minimum Gasteiger partial charge on any atom is -0.484 e. The fraction of sp³-hybridized carbons (Fsp3) is 0.267. The lowest BCUT2D eigenvalue weighted by molar-refractivity contribution is 0.170. The van der Waals surface area contributed by atoms with Gasteiger partial charge in [-0.25, -0.2) is 0 Å². The van der Waals surface area contributed by atoms with E-state index in [0.29, 0.717) is 0 Å². The summed E-state index contributed by atoms with van der Waals surface area (Å²) in [6.45, 7) is 2.05. The molecule has 1 heterocycles. The van der Waals surface area contributed by atoms with E-state index >= 15 is 0 Å². The Morgan fingerprint density at radius 1 is 1.32 bits per heavy atom. The van der Waals surface area contributed by atoms with Crippen molar-refractivity contribution in [3.63, 3.8) is 0 Å². The topological polar surface area (TPSA) is 48.1 Å². The quantitative estimate of drug-likeness (QED) is 0.913. The second kappa shape index (κ2) is 6.68. The fourth-order valence-electron chi connectivity index (χ4n) is 1.85. The van der Waals surface area contributed by atoms with Crippen molar-refractivity contribution in [1.82, 2.24) is 4.98 Å². The van der Waals surface area contributed by atoms with Gasteiger partial charge in [-0.3, -0.25) is 4.98 Å². The Morgan fingerprint density at radius 2 is 2.16 bits per heavy atom. The Hall–Kier alpha value is -1.39. The number of rotatable bonds is 5. The smallest absolute Gasteiger partial charge is 0.140 e. The van der Waals surface area contributed by atoms with Crippen LogP contribution in [0.2, 0.25) is 0 Å². The van der Waals surface area contributed by atoms with Crippen LogP contribution in [0, 0.1) is 0 Å². The van der Waals surface area contributed by atoms with Gasteiger partial charge in [0.05, 0.1) is 0 Å². The normalized spacial score (nSPS) is 13.8. The molecule has 19 heavy (non-hydrogen) atoms. The zero-order valence-corrected chi connectivity index (χ0v) is 12.4. The van der Waals surface area contributed by atoms with E-state index in [9.17, 15) is 0 Å². The van der Waals surface area contributed by atoms with E-state index < -0.39 is 0 Å². The highest BCUT2D eigenvalue weighted by Crippen LogP contribution is 2.26. The van der Waals surface area contributed by atoms with Crippen LogP contribution >= 0.6 is 15.9 Å². The van der Waals surface area contributed by atoms with Crippen LogP contribution < -0.4 is 10.5 Å². The molecule has 0 amide bonds. The van der Waals surface area contributed by atoms with Crippen molar-refractivity contribution in [1.29, 1.82) is 0 Å². The lowest BCUT2D eigenvalue weighted by Crippen LogP contribution is -2.31. The van der Waals surface area contributed by atoms with Crippen molar-refractivity contribution >= 4 is 15.9 Å². The Labute approximate surface area is 121 Å². The summed E-state index contributed by atoms with van der Waals surface area (Å²) in [5, 5.41) is 0. The van der Waals surface area contributed by atoms with Crippen molar-refractivity contribution in [2.75, 3.05) is 0 Å². The number of aromatic nitrogens is 1. The summed E-state index contributed by atoms with van der Waals surface area (Å²) in [7, 11) is 0. The molecule has 0 saturated carbocycles. The Bertz CT molecular complexity index is 519. The van der Waals surface area contributed by atoms with E-state index in [1.54, 1.807) is 12.4 Å². The van der Waals surface area contributed by atoms with Gasteiger partial charge < -0.3 is 10.5 Å². The van der Waals surface area contributed by atoms with E-state index in [2.05, 4.69) is 27.8 Å². The Balaban J connectivity index is 2.24. The molecule has 2 aromatic rings. The molecular formula is C15H17BrN2O. The molecule has 0 spiro atoms. The zero-order valence-electron chi connectivity index (χ0n) is 10.8. The summed E-state index contributed by atoms with van der Waals surface area (Å²) in [5.74, 6) is 0.798. The number of hydrogen-bond donors (Lipinski definition) is 1. The SMILES string of the molecule is CCC(N)C(Oc1cccc(Br)c1)c1cccnc1. The van der Waals surface area contributed by atoms with Crippen LogP contribution in [0.1, 0.15) is 25.0 Å². The van der Waals surface area contributed by atoms with Gasteiger partial charge in [-0.1, -0.05) is 35.0 Å². The molecule has 2 rings (SSSR count). The third-order valence-corrected chi connectivity index (χ3v) is 3.43. The lowest BCUT2D eigenvalue weighted by atomic mass is 10.0. The van der Waals surface area contributed by atoms with Crippen molar-refractivity contribution in [2.24, 2.45) is 5.73 Å². The van der Waals surface area contributed by atoms with Gasteiger partial charge in [0.2, 0.25) is 0 Å².